The quantitative estimate of drug-likeness (QED) is 0.757. The first kappa shape index (κ1) is 20.6. The smallest absolute Gasteiger partial charge is 0.249 e. The molecule has 1 aliphatic heterocycles. The van der Waals surface area contributed by atoms with Crippen LogP contribution in [0, 0.1) is 0 Å². The Morgan fingerprint density at radius 2 is 1.64 bits per heavy atom. The molecule has 0 saturated carbocycles. The summed E-state index contributed by atoms with van der Waals surface area (Å²) in [5, 5.41) is 1.19. The van der Waals surface area contributed by atoms with Gasteiger partial charge < -0.3 is 15.4 Å². The van der Waals surface area contributed by atoms with Crippen molar-refractivity contribution in [1.82, 2.24) is 4.90 Å². The van der Waals surface area contributed by atoms with E-state index in [9.17, 15) is 9.59 Å². The number of nitrogens with two attached hydrogens (primary N) is 1. The molecule has 0 radical (unpaired) electrons. The lowest BCUT2D eigenvalue weighted by Crippen LogP contribution is -2.55. The number of benzene rings is 2. The van der Waals surface area contributed by atoms with Crippen molar-refractivity contribution in [1.29, 1.82) is 0 Å². The summed E-state index contributed by atoms with van der Waals surface area (Å²) in [6.45, 7) is 1.83. The van der Waals surface area contributed by atoms with E-state index >= 15 is 0 Å². The summed E-state index contributed by atoms with van der Waals surface area (Å²) in [4.78, 5) is 26.6. The predicted octanol–water partition coefficient (Wildman–Crippen LogP) is 4.29. The van der Waals surface area contributed by atoms with Gasteiger partial charge in [-0.15, -0.1) is 0 Å². The Balaban J connectivity index is 2.11. The average Bonchev–Trinajstić information content (AvgIpc) is 2.67. The highest BCUT2D eigenvalue weighted by atomic mass is 35.5. The monoisotopic (exact) mass is 420 g/mol. The van der Waals surface area contributed by atoms with Gasteiger partial charge >= 0.3 is 0 Å². The van der Waals surface area contributed by atoms with Crippen molar-refractivity contribution >= 4 is 35.0 Å². The Kier molecular flexibility index (Phi) is 6.60. The molecule has 0 spiro atoms. The third-order valence-corrected chi connectivity index (χ3v) is 5.40. The Labute approximate surface area is 174 Å². The molecule has 1 fully saturated rings. The van der Waals surface area contributed by atoms with Gasteiger partial charge in [0.05, 0.1) is 6.04 Å². The van der Waals surface area contributed by atoms with E-state index in [1.807, 2.05) is 31.2 Å². The van der Waals surface area contributed by atoms with Crippen LogP contribution in [0.3, 0.4) is 0 Å². The standard InChI is InChI=1S/C21H22Cl2N2O3/c1-2-3-17(21(24)27)25-18(26)12-28-20(14-6-10-16(23)11-7-14)19(25)13-4-8-15(22)9-5-13/h4-11,17,19-20H,2-3,12H2,1H3,(H2,24,27)/t17-,19+,20-/m1/s1. The molecular weight excluding hydrogens is 399 g/mol. The summed E-state index contributed by atoms with van der Waals surface area (Å²) in [5.74, 6) is -0.784. The molecule has 2 aromatic rings. The van der Waals surface area contributed by atoms with Gasteiger partial charge in [-0.2, -0.15) is 0 Å². The van der Waals surface area contributed by atoms with Crippen LogP contribution in [0.25, 0.3) is 0 Å². The maximum atomic E-state index is 12.8. The normalized spacial score (nSPS) is 20.8. The van der Waals surface area contributed by atoms with Crippen LogP contribution in [0.5, 0.6) is 0 Å². The summed E-state index contributed by atoms with van der Waals surface area (Å²) in [6, 6.07) is 13.3. The van der Waals surface area contributed by atoms with Crippen LogP contribution >= 0.6 is 23.2 Å². The van der Waals surface area contributed by atoms with Crippen molar-refractivity contribution in [3.05, 3.63) is 69.7 Å². The molecular formula is C21H22Cl2N2O3. The number of hydrogen-bond donors (Lipinski definition) is 1. The number of nitrogens with zero attached hydrogens (tertiary/aromatic N) is 1. The molecule has 0 aliphatic carbocycles. The first-order valence-corrected chi connectivity index (χ1v) is 9.91. The number of carbonyl (C=O) groups excluding carboxylic acids is 2. The van der Waals surface area contributed by atoms with Crippen LogP contribution in [-0.4, -0.2) is 29.4 Å². The Morgan fingerprint density at radius 3 is 2.14 bits per heavy atom. The number of rotatable bonds is 6. The molecule has 28 heavy (non-hydrogen) atoms. The number of carbonyl (C=O) groups is 2. The van der Waals surface area contributed by atoms with E-state index < -0.39 is 24.1 Å². The fourth-order valence-corrected chi connectivity index (χ4v) is 3.87. The SMILES string of the molecule is CCC[C@H](C(N)=O)N1C(=O)CO[C@H](c2ccc(Cl)cc2)[C@@H]1c1ccc(Cl)cc1. The number of ether oxygens (including phenoxy) is 1. The number of primary amides is 1. The van der Waals surface area contributed by atoms with Crippen LogP contribution < -0.4 is 5.73 Å². The van der Waals surface area contributed by atoms with E-state index in [0.717, 1.165) is 17.5 Å². The van der Waals surface area contributed by atoms with Gasteiger partial charge in [0.2, 0.25) is 11.8 Å². The van der Waals surface area contributed by atoms with Gasteiger partial charge in [0, 0.05) is 10.0 Å². The number of morpholine rings is 1. The maximum absolute atomic E-state index is 12.8. The van der Waals surface area contributed by atoms with E-state index in [-0.39, 0.29) is 12.5 Å². The number of halogens is 2. The van der Waals surface area contributed by atoms with Gasteiger partial charge in [0.1, 0.15) is 18.8 Å². The Bertz CT molecular complexity index is 840. The highest BCUT2D eigenvalue weighted by Gasteiger charge is 2.43. The molecule has 3 rings (SSSR count). The highest BCUT2D eigenvalue weighted by molar-refractivity contribution is 6.30. The van der Waals surface area contributed by atoms with E-state index in [0.29, 0.717) is 16.5 Å². The number of hydrogen-bond acceptors (Lipinski definition) is 3. The molecule has 0 bridgehead atoms. The van der Waals surface area contributed by atoms with Gasteiger partial charge in [0.15, 0.2) is 0 Å². The predicted molar refractivity (Wildman–Crippen MR) is 109 cm³/mol. The lowest BCUT2D eigenvalue weighted by atomic mass is 9.90. The van der Waals surface area contributed by atoms with Crippen LogP contribution in [0.15, 0.2) is 48.5 Å². The van der Waals surface area contributed by atoms with Gasteiger partial charge in [-0.05, 0) is 41.8 Å². The fraction of sp³-hybridized carbons (Fsp3) is 0.333. The summed E-state index contributed by atoms with van der Waals surface area (Å²) in [7, 11) is 0. The van der Waals surface area contributed by atoms with Crippen LogP contribution in [0.2, 0.25) is 10.0 Å². The van der Waals surface area contributed by atoms with E-state index in [1.54, 1.807) is 29.2 Å². The van der Waals surface area contributed by atoms with Crippen LogP contribution in [0.1, 0.15) is 43.0 Å². The van der Waals surface area contributed by atoms with E-state index in [1.165, 1.54) is 0 Å². The van der Waals surface area contributed by atoms with Gasteiger partial charge in [-0.25, -0.2) is 0 Å². The van der Waals surface area contributed by atoms with Crippen molar-refractivity contribution in [2.75, 3.05) is 6.61 Å². The zero-order valence-electron chi connectivity index (χ0n) is 15.5. The maximum Gasteiger partial charge on any atom is 0.249 e. The van der Waals surface area contributed by atoms with Gasteiger partial charge in [0.25, 0.3) is 0 Å². The van der Waals surface area contributed by atoms with Crippen LogP contribution in [-0.2, 0) is 14.3 Å². The third kappa shape index (κ3) is 4.32. The number of amides is 2. The molecule has 0 aromatic heterocycles. The molecule has 3 atom stereocenters. The molecule has 0 unspecified atom stereocenters. The first-order valence-electron chi connectivity index (χ1n) is 9.15. The van der Waals surface area contributed by atoms with Crippen molar-refractivity contribution in [3.8, 4) is 0 Å². The lowest BCUT2D eigenvalue weighted by molar-refractivity contribution is -0.166. The topological polar surface area (TPSA) is 72.6 Å². The molecule has 148 valence electrons. The molecule has 2 aromatic carbocycles. The van der Waals surface area contributed by atoms with Crippen molar-refractivity contribution in [2.24, 2.45) is 5.73 Å². The van der Waals surface area contributed by atoms with Crippen molar-refractivity contribution in [3.63, 3.8) is 0 Å². The minimum atomic E-state index is -0.711. The largest absolute Gasteiger partial charge is 0.368 e. The van der Waals surface area contributed by atoms with Crippen molar-refractivity contribution < 1.29 is 14.3 Å². The molecule has 5 nitrogen and oxygen atoms in total. The second-order valence-electron chi connectivity index (χ2n) is 6.79. The lowest BCUT2D eigenvalue weighted by Gasteiger charge is -2.44. The summed E-state index contributed by atoms with van der Waals surface area (Å²) in [6.07, 6.45) is 0.741. The Hall–Kier alpha value is -2.08. The zero-order valence-corrected chi connectivity index (χ0v) is 17.0. The molecule has 1 saturated heterocycles. The van der Waals surface area contributed by atoms with Crippen LogP contribution in [0.4, 0.5) is 0 Å². The minimum absolute atomic E-state index is 0.120. The second kappa shape index (κ2) is 8.95. The summed E-state index contributed by atoms with van der Waals surface area (Å²) < 4.78 is 5.93. The van der Waals surface area contributed by atoms with Gasteiger partial charge in [-0.1, -0.05) is 60.8 Å². The molecule has 7 heteroatoms. The first-order chi connectivity index (χ1) is 13.4. The molecule has 1 heterocycles. The molecule has 1 aliphatic rings. The Morgan fingerprint density at radius 1 is 1.11 bits per heavy atom. The highest BCUT2D eigenvalue weighted by Crippen LogP contribution is 2.42. The summed E-state index contributed by atoms with van der Waals surface area (Å²) in [5.41, 5.74) is 7.35. The fourth-order valence-electron chi connectivity index (χ4n) is 3.61. The van der Waals surface area contributed by atoms with Gasteiger partial charge in [-0.3, -0.25) is 9.59 Å². The minimum Gasteiger partial charge on any atom is -0.368 e. The summed E-state index contributed by atoms with van der Waals surface area (Å²) >= 11 is 12.1. The molecule has 2 amide bonds. The van der Waals surface area contributed by atoms with E-state index in [4.69, 9.17) is 33.7 Å². The molecule has 2 N–H and O–H groups in total. The van der Waals surface area contributed by atoms with Crippen molar-refractivity contribution in [2.45, 2.75) is 38.0 Å². The zero-order chi connectivity index (χ0) is 20.3. The average molecular weight is 421 g/mol. The third-order valence-electron chi connectivity index (χ3n) is 4.90. The second-order valence-corrected chi connectivity index (χ2v) is 7.66. The van der Waals surface area contributed by atoms with E-state index in [2.05, 4.69) is 0 Å².